The summed E-state index contributed by atoms with van der Waals surface area (Å²) in [6, 6.07) is 30.2. The number of hydrogen-bond donors (Lipinski definition) is 0. The van der Waals surface area contributed by atoms with Gasteiger partial charge in [-0.25, -0.2) is 0 Å². The Hall–Kier alpha value is -5.48. The molecule has 7 nitrogen and oxygen atoms in total. The van der Waals surface area contributed by atoms with Crippen molar-refractivity contribution in [1.29, 1.82) is 0 Å². The van der Waals surface area contributed by atoms with Gasteiger partial charge < -0.3 is 14.2 Å². The molecule has 5 rings (SSSR count). The summed E-state index contributed by atoms with van der Waals surface area (Å²) >= 11 is 0. The second kappa shape index (κ2) is 16.8. The Morgan fingerprint density at radius 3 is 2.16 bits per heavy atom. The van der Waals surface area contributed by atoms with Crippen molar-refractivity contribution in [1.82, 2.24) is 19.7 Å². The fourth-order valence-corrected chi connectivity index (χ4v) is 5.50. The maximum Gasteiger partial charge on any atom is 0.416 e. The van der Waals surface area contributed by atoms with Crippen LogP contribution < -0.4 is 0 Å². The standard InChI is InChI=1S/C40H39F3N4O3/c1-45(29-35-11-8-26-50-35)24-25-46(2)39(49)37(27-31-9-4-3-5-10-31)47(28-32-13-18-33(19-14-32)36-12-6-7-23-44-36)38(48)22-17-30-15-20-34(21-16-30)40(41,42)43/h3-23,26,37H,24-25,27-29H2,1-2H3/b22-17+/t37-/m0/s1. The number of hydrogen-bond acceptors (Lipinski definition) is 5. The van der Waals surface area contributed by atoms with E-state index in [1.807, 2.05) is 96.9 Å². The van der Waals surface area contributed by atoms with Crippen molar-refractivity contribution in [2.24, 2.45) is 0 Å². The molecule has 3 aromatic carbocycles. The van der Waals surface area contributed by atoms with Crippen LogP contribution in [0.4, 0.5) is 13.2 Å². The van der Waals surface area contributed by atoms with Crippen molar-refractivity contribution < 1.29 is 27.2 Å². The molecular weight excluding hydrogens is 641 g/mol. The number of aromatic nitrogens is 1. The molecule has 0 aliphatic rings. The molecule has 0 fully saturated rings. The van der Waals surface area contributed by atoms with Crippen LogP contribution in [0.5, 0.6) is 0 Å². The van der Waals surface area contributed by atoms with Gasteiger partial charge in [-0.05, 0) is 66.2 Å². The van der Waals surface area contributed by atoms with Gasteiger partial charge in [-0.1, -0.05) is 72.8 Å². The molecule has 10 heteroatoms. The van der Waals surface area contributed by atoms with Gasteiger partial charge in [-0.2, -0.15) is 13.2 Å². The van der Waals surface area contributed by atoms with Crippen molar-refractivity contribution in [2.75, 3.05) is 27.2 Å². The largest absolute Gasteiger partial charge is 0.468 e. The van der Waals surface area contributed by atoms with Crippen molar-refractivity contribution in [3.05, 3.63) is 156 Å². The van der Waals surface area contributed by atoms with Gasteiger partial charge in [-0.3, -0.25) is 19.5 Å². The van der Waals surface area contributed by atoms with Crippen LogP contribution in [0.1, 0.15) is 28.0 Å². The molecule has 0 radical (unpaired) electrons. The molecule has 50 heavy (non-hydrogen) atoms. The van der Waals surface area contributed by atoms with Gasteiger partial charge in [0.1, 0.15) is 11.8 Å². The Morgan fingerprint density at radius 2 is 1.52 bits per heavy atom. The SMILES string of the molecule is CN(CCN(C)C(=O)[C@H](Cc1ccccc1)N(Cc1ccc(-c2ccccn2)cc1)C(=O)/C=C/c1ccc(C(F)(F)F)cc1)Cc1ccco1. The Morgan fingerprint density at radius 1 is 0.800 bits per heavy atom. The third kappa shape index (κ3) is 10.0. The number of amides is 2. The fourth-order valence-electron chi connectivity index (χ4n) is 5.50. The molecular formula is C40H39F3N4O3. The molecule has 0 bridgehead atoms. The van der Waals surface area contributed by atoms with Crippen molar-refractivity contribution >= 4 is 17.9 Å². The number of furan rings is 1. The van der Waals surface area contributed by atoms with E-state index in [1.165, 1.54) is 29.2 Å². The van der Waals surface area contributed by atoms with E-state index in [4.69, 9.17) is 4.42 Å². The first-order valence-electron chi connectivity index (χ1n) is 16.2. The van der Waals surface area contributed by atoms with Crippen molar-refractivity contribution in [2.45, 2.75) is 31.7 Å². The summed E-state index contributed by atoms with van der Waals surface area (Å²) in [5, 5.41) is 0. The summed E-state index contributed by atoms with van der Waals surface area (Å²) in [6.45, 7) is 1.67. The molecule has 2 aromatic heterocycles. The molecule has 5 aromatic rings. The average molecular weight is 681 g/mol. The second-order valence-electron chi connectivity index (χ2n) is 12.1. The predicted molar refractivity (Wildman–Crippen MR) is 187 cm³/mol. The van der Waals surface area contributed by atoms with E-state index < -0.39 is 23.7 Å². The summed E-state index contributed by atoms with van der Waals surface area (Å²) in [5.74, 6) is 0.132. The number of pyridine rings is 1. The highest BCUT2D eigenvalue weighted by Crippen LogP contribution is 2.29. The lowest BCUT2D eigenvalue weighted by Gasteiger charge is -2.34. The van der Waals surface area contributed by atoms with E-state index in [-0.39, 0.29) is 18.9 Å². The first kappa shape index (κ1) is 35.8. The monoisotopic (exact) mass is 680 g/mol. The third-order valence-corrected chi connectivity index (χ3v) is 8.34. The Labute approximate surface area is 290 Å². The highest BCUT2D eigenvalue weighted by atomic mass is 19.4. The van der Waals surface area contributed by atoms with E-state index in [0.717, 1.165) is 40.3 Å². The molecule has 2 heterocycles. The minimum atomic E-state index is -4.47. The maximum atomic E-state index is 14.3. The number of rotatable bonds is 14. The van der Waals surface area contributed by atoms with Crippen molar-refractivity contribution in [3.63, 3.8) is 0 Å². The first-order valence-corrected chi connectivity index (χ1v) is 16.2. The lowest BCUT2D eigenvalue weighted by atomic mass is 10.0. The number of likely N-dealkylation sites (N-methyl/N-ethyl adjacent to an activating group) is 2. The average Bonchev–Trinajstić information content (AvgIpc) is 3.64. The van der Waals surface area contributed by atoms with Crippen LogP contribution in [-0.2, 0) is 35.3 Å². The Kier molecular flexibility index (Phi) is 12.0. The summed E-state index contributed by atoms with van der Waals surface area (Å²) < 4.78 is 44.9. The molecule has 0 aliphatic carbocycles. The van der Waals surface area contributed by atoms with Gasteiger partial charge in [0.15, 0.2) is 0 Å². The number of alkyl halides is 3. The zero-order chi connectivity index (χ0) is 35.5. The number of halogens is 3. The second-order valence-corrected chi connectivity index (χ2v) is 12.1. The number of nitrogens with zero attached hydrogens (tertiary/aromatic N) is 4. The van der Waals surface area contributed by atoms with Crippen LogP contribution in [0, 0.1) is 0 Å². The summed E-state index contributed by atoms with van der Waals surface area (Å²) in [5.41, 5.74) is 3.04. The van der Waals surface area contributed by atoms with Gasteiger partial charge in [0.05, 0.1) is 24.1 Å². The quantitative estimate of drug-likeness (QED) is 0.113. The zero-order valence-electron chi connectivity index (χ0n) is 28.0. The van der Waals surface area contributed by atoms with Crippen LogP contribution in [0.25, 0.3) is 17.3 Å². The highest BCUT2D eigenvalue weighted by Gasteiger charge is 2.32. The minimum absolute atomic E-state index is 0.119. The number of carbonyl (C=O) groups is 2. The Bertz CT molecular complexity index is 1830. The molecule has 0 spiro atoms. The molecule has 0 unspecified atom stereocenters. The van der Waals surface area contributed by atoms with E-state index in [0.29, 0.717) is 25.2 Å². The van der Waals surface area contributed by atoms with Crippen LogP contribution >= 0.6 is 0 Å². The van der Waals surface area contributed by atoms with Gasteiger partial charge in [0.25, 0.3) is 0 Å². The smallest absolute Gasteiger partial charge is 0.416 e. The summed E-state index contributed by atoms with van der Waals surface area (Å²) in [6.07, 6.45) is 1.92. The van der Waals surface area contributed by atoms with Crippen molar-refractivity contribution in [3.8, 4) is 11.3 Å². The minimum Gasteiger partial charge on any atom is -0.468 e. The van der Waals surface area contributed by atoms with E-state index in [1.54, 1.807) is 24.4 Å². The Balaban J connectivity index is 1.43. The third-order valence-electron chi connectivity index (χ3n) is 8.34. The van der Waals surface area contributed by atoms with Crippen LogP contribution in [0.15, 0.2) is 132 Å². The van der Waals surface area contributed by atoms with Crippen LogP contribution in [-0.4, -0.2) is 64.7 Å². The predicted octanol–water partition coefficient (Wildman–Crippen LogP) is 7.60. The first-order chi connectivity index (χ1) is 24.1. The molecule has 0 saturated carbocycles. The summed E-state index contributed by atoms with van der Waals surface area (Å²) in [7, 11) is 3.67. The molecule has 0 saturated heterocycles. The van der Waals surface area contributed by atoms with E-state index >= 15 is 0 Å². The van der Waals surface area contributed by atoms with Gasteiger partial charge in [0, 0.05) is 50.9 Å². The summed E-state index contributed by atoms with van der Waals surface area (Å²) in [4.78, 5) is 38.0. The van der Waals surface area contributed by atoms with Crippen LogP contribution in [0.3, 0.4) is 0 Å². The molecule has 0 aliphatic heterocycles. The van der Waals surface area contributed by atoms with Gasteiger partial charge in [-0.15, -0.1) is 0 Å². The molecule has 0 N–H and O–H groups in total. The lowest BCUT2D eigenvalue weighted by Crippen LogP contribution is -2.51. The molecule has 2 amide bonds. The fraction of sp³-hybridized carbons (Fsp3) is 0.225. The van der Waals surface area contributed by atoms with Gasteiger partial charge in [0.2, 0.25) is 11.8 Å². The van der Waals surface area contributed by atoms with E-state index in [2.05, 4.69) is 4.98 Å². The highest BCUT2D eigenvalue weighted by molar-refractivity contribution is 5.95. The molecule has 1 atom stereocenters. The number of benzene rings is 3. The zero-order valence-corrected chi connectivity index (χ0v) is 28.0. The molecule has 258 valence electrons. The topological polar surface area (TPSA) is 69.9 Å². The van der Waals surface area contributed by atoms with E-state index in [9.17, 15) is 22.8 Å². The number of carbonyl (C=O) groups excluding carboxylic acids is 2. The maximum absolute atomic E-state index is 14.3. The van der Waals surface area contributed by atoms with Gasteiger partial charge >= 0.3 is 6.18 Å². The normalized spacial score (nSPS) is 12.3. The van der Waals surface area contributed by atoms with Crippen LogP contribution in [0.2, 0.25) is 0 Å². The lowest BCUT2D eigenvalue weighted by molar-refractivity contribution is -0.143.